The van der Waals surface area contributed by atoms with E-state index >= 15 is 0 Å². The van der Waals surface area contributed by atoms with Gasteiger partial charge in [-0.25, -0.2) is 4.39 Å². The smallest absolute Gasteiger partial charge is 0.299 e. The fraction of sp³-hybridized carbons (Fsp3) is 0.0667. The van der Waals surface area contributed by atoms with E-state index in [1.54, 1.807) is 30.3 Å². The molecule has 0 N–H and O–H groups in total. The van der Waals surface area contributed by atoms with Gasteiger partial charge in [0.25, 0.3) is 11.7 Å². The third kappa shape index (κ3) is 2.47. The zero-order valence-electron chi connectivity index (χ0n) is 10.6. The number of nitrogens with zero attached hydrogens (tertiary/aromatic N) is 1. The van der Waals surface area contributed by atoms with Crippen LogP contribution in [0, 0.1) is 5.82 Å². The molecule has 0 aromatic heterocycles. The van der Waals surface area contributed by atoms with E-state index in [1.165, 1.54) is 11.0 Å². The lowest BCUT2D eigenvalue weighted by Gasteiger charge is -2.17. The van der Waals surface area contributed by atoms with Crippen molar-refractivity contribution in [2.45, 2.75) is 6.54 Å². The van der Waals surface area contributed by atoms with Crippen molar-refractivity contribution in [3.05, 3.63) is 62.8 Å². The number of ketones is 1. The molecule has 1 aliphatic rings. The van der Waals surface area contributed by atoms with Crippen LogP contribution in [0.2, 0.25) is 5.02 Å². The zero-order chi connectivity index (χ0) is 15.1. The molecule has 1 aliphatic heterocycles. The number of fused-ring (bicyclic) bond motifs is 1. The number of hydrogen-bond acceptors (Lipinski definition) is 2. The number of carbonyl (C=O) groups is 2. The van der Waals surface area contributed by atoms with Gasteiger partial charge in [-0.05, 0) is 51.8 Å². The first-order valence-corrected chi connectivity index (χ1v) is 7.24. The summed E-state index contributed by atoms with van der Waals surface area (Å²) in [7, 11) is 0. The molecule has 0 aliphatic carbocycles. The van der Waals surface area contributed by atoms with E-state index in [9.17, 15) is 14.0 Å². The molecule has 106 valence electrons. The number of Topliss-reactive ketones (excluding diaryl/α,β-unsaturated/α-hetero) is 1. The Kier molecular flexibility index (Phi) is 3.55. The van der Waals surface area contributed by atoms with Crippen molar-refractivity contribution in [2.24, 2.45) is 0 Å². The summed E-state index contributed by atoms with van der Waals surface area (Å²) in [6, 6.07) is 9.15. The number of halogens is 3. The molecular formula is C15H8BrClFNO2. The normalized spacial score (nSPS) is 13.8. The summed E-state index contributed by atoms with van der Waals surface area (Å²) >= 11 is 9.03. The average Bonchev–Trinajstić information content (AvgIpc) is 2.68. The number of amides is 1. The maximum absolute atomic E-state index is 13.2. The van der Waals surface area contributed by atoms with Gasteiger partial charge in [-0.1, -0.05) is 17.7 Å². The molecular weight excluding hydrogens is 361 g/mol. The maximum atomic E-state index is 13.2. The largest absolute Gasteiger partial charge is 0.300 e. The third-order valence-corrected chi connectivity index (χ3v) is 4.10. The van der Waals surface area contributed by atoms with Gasteiger partial charge < -0.3 is 4.90 Å². The first kappa shape index (κ1) is 14.2. The van der Waals surface area contributed by atoms with E-state index < -0.39 is 11.7 Å². The first-order chi connectivity index (χ1) is 9.97. The van der Waals surface area contributed by atoms with Gasteiger partial charge in [0.15, 0.2) is 0 Å². The lowest BCUT2D eigenvalue weighted by molar-refractivity contribution is -0.114. The fourth-order valence-corrected chi connectivity index (χ4v) is 2.84. The Balaban J connectivity index is 1.99. The van der Waals surface area contributed by atoms with Crippen molar-refractivity contribution in [2.75, 3.05) is 4.90 Å². The van der Waals surface area contributed by atoms with Crippen LogP contribution in [0.25, 0.3) is 0 Å². The average molecular weight is 369 g/mol. The highest BCUT2D eigenvalue weighted by molar-refractivity contribution is 9.10. The van der Waals surface area contributed by atoms with Gasteiger partial charge in [-0.15, -0.1) is 0 Å². The van der Waals surface area contributed by atoms with Crippen LogP contribution in [0.5, 0.6) is 0 Å². The second-order valence-corrected chi connectivity index (χ2v) is 5.92. The van der Waals surface area contributed by atoms with Gasteiger partial charge in [-0.3, -0.25) is 9.59 Å². The highest BCUT2D eigenvalue weighted by Gasteiger charge is 2.35. The van der Waals surface area contributed by atoms with E-state index in [0.29, 0.717) is 26.3 Å². The summed E-state index contributed by atoms with van der Waals surface area (Å²) in [4.78, 5) is 25.4. The summed E-state index contributed by atoms with van der Waals surface area (Å²) in [5.41, 5.74) is 1.53. The summed E-state index contributed by atoms with van der Waals surface area (Å²) < 4.78 is 13.6. The van der Waals surface area contributed by atoms with E-state index in [-0.39, 0.29) is 12.4 Å². The van der Waals surface area contributed by atoms with Gasteiger partial charge in [-0.2, -0.15) is 0 Å². The molecule has 1 amide bonds. The molecule has 0 bridgehead atoms. The summed E-state index contributed by atoms with van der Waals surface area (Å²) in [5, 5.41) is 0.446. The Labute approximate surface area is 133 Å². The Bertz CT molecular complexity index is 778. The van der Waals surface area contributed by atoms with Gasteiger partial charge >= 0.3 is 0 Å². The lowest BCUT2D eigenvalue weighted by Crippen LogP contribution is -2.29. The van der Waals surface area contributed by atoms with Crippen LogP contribution >= 0.6 is 27.5 Å². The quantitative estimate of drug-likeness (QED) is 0.752. The van der Waals surface area contributed by atoms with Crippen LogP contribution in [0.3, 0.4) is 0 Å². The van der Waals surface area contributed by atoms with Gasteiger partial charge in [0.1, 0.15) is 5.82 Å². The highest BCUT2D eigenvalue weighted by Crippen LogP contribution is 2.33. The second-order valence-electron chi connectivity index (χ2n) is 4.63. The molecule has 0 unspecified atom stereocenters. The molecule has 3 rings (SSSR count). The predicted octanol–water partition coefficient (Wildman–Crippen LogP) is 3.97. The number of benzene rings is 2. The Morgan fingerprint density at radius 1 is 1.14 bits per heavy atom. The molecule has 0 fully saturated rings. The van der Waals surface area contributed by atoms with Crippen LogP contribution in [-0.2, 0) is 11.3 Å². The fourth-order valence-electron chi connectivity index (χ4n) is 2.24. The molecule has 0 saturated carbocycles. The van der Waals surface area contributed by atoms with Crippen molar-refractivity contribution < 1.29 is 14.0 Å². The SMILES string of the molecule is O=C1C(=O)N(Cc2ccc(F)c(Br)c2)c2cc(Cl)ccc21. The minimum absolute atomic E-state index is 0.177. The van der Waals surface area contributed by atoms with E-state index in [2.05, 4.69) is 15.9 Å². The Morgan fingerprint density at radius 2 is 1.90 bits per heavy atom. The molecule has 0 saturated heterocycles. The summed E-state index contributed by atoms with van der Waals surface area (Å²) in [6.45, 7) is 0.177. The molecule has 6 heteroatoms. The minimum atomic E-state index is -0.604. The van der Waals surface area contributed by atoms with Crippen molar-refractivity contribution >= 4 is 44.9 Å². The first-order valence-electron chi connectivity index (χ1n) is 6.07. The highest BCUT2D eigenvalue weighted by atomic mass is 79.9. The molecule has 21 heavy (non-hydrogen) atoms. The molecule has 0 radical (unpaired) electrons. The lowest BCUT2D eigenvalue weighted by atomic mass is 10.1. The van der Waals surface area contributed by atoms with Crippen molar-refractivity contribution in [1.29, 1.82) is 0 Å². The van der Waals surface area contributed by atoms with Crippen LogP contribution in [-0.4, -0.2) is 11.7 Å². The van der Waals surface area contributed by atoms with Crippen molar-refractivity contribution in [3.8, 4) is 0 Å². The molecule has 1 heterocycles. The minimum Gasteiger partial charge on any atom is -0.300 e. The van der Waals surface area contributed by atoms with Gasteiger partial charge in [0, 0.05) is 5.02 Å². The molecule has 0 spiro atoms. The number of carbonyl (C=O) groups excluding carboxylic acids is 2. The van der Waals surface area contributed by atoms with E-state index in [0.717, 1.165) is 0 Å². The monoisotopic (exact) mass is 367 g/mol. The van der Waals surface area contributed by atoms with Gasteiger partial charge in [0.05, 0.1) is 22.3 Å². The topological polar surface area (TPSA) is 37.4 Å². The van der Waals surface area contributed by atoms with E-state index in [4.69, 9.17) is 11.6 Å². The summed E-state index contributed by atoms with van der Waals surface area (Å²) in [6.07, 6.45) is 0. The van der Waals surface area contributed by atoms with Crippen LogP contribution in [0.1, 0.15) is 15.9 Å². The van der Waals surface area contributed by atoms with Crippen molar-refractivity contribution in [3.63, 3.8) is 0 Å². The second kappa shape index (κ2) is 5.24. The predicted molar refractivity (Wildman–Crippen MR) is 81.1 cm³/mol. The number of hydrogen-bond donors (Lipinski definition) is 0. The number of rotatable bonds is 2. The number of anilines is 1. The van der Waals surface area contributed by atoms with Gasteiger partial charge in [0.2, 0.25) is 0 Å². The van der Waals surface area contributed by atoms with Crippen LogP contribution < -0.4 is 4.90 Å². The van der Waals surface area contributed by atoms with Crippen LogP contribution in [0.4, 0.5) is 10.1 Å². The molecule has 2 aromatic rings. The molecule has 0 atom stereocenters. The van der Waals surface area contributed by atoms with Crippen molar-refractivity contribution in [1.82, 2.24) is 0 Å². The maximum Gasteiger partial charge on any atom is 0.299 e. The molecule has 3 nitrogen and oxygen atoms in total. The Hall–Kier alpha value is -1.72. The zero-order valence-corrected chi connectivity index (χ0v) is 12.9. The Morgan fingerprint density at radius 3 is 2.62 bits per heavy atom. The van der Waals surface area contributed by atoms with E-state index in [1.807, 2.05) is 0 Å². The standard InChI is InChI=1S/C15H8BrClFNO2/c16-11-5-8(1-4-12(11)18)7-19-13-6-9(17)2-3-10(13)14(20)15(19)21/h1-6H,7H2. The van der Waals surface area contributed by atoms with Crippen LogP contribution in [0.15, 0.2) is 40.9 Å². The molecule has 2 aromatic carbocycles. The summed E-state index contributed by atoms with van der Waals surface area (Å²) in [5.74, 6) is -1.54. The third-order valence-electron chi connectivity index (χ3n) is 3.26.